The predicted molar refractivity (Wildman–Crippen MR) is 122 cm³/mol. The molecule has 1 fully saturated rings. The fourth-order valence-corrected chi connectivity index (χ4v) is 6.28. The van der Waals surface area contributed by atoms with Gasteiger partial charge < -0.3 is 15.3 Å². The summed E-state index contributed by atoms with van der Waals surface area (Å²) in [5.41, 5.74) is 1.43. The number of carboxylic acid groups (broad SMARTS) is 1. The van der Waals surface area contributed by atoms with Crippen LogP contribution in [-0.2, 0) is 16.9 Å². The molecule has 5 rings (SSSR count). The molecule has 8 nitrogen and oxygen atoms in total. The van der Waals surface area contributed by atoms with Crippen LogP contribution in [0.1, 0.15) is 6.42 Å². The number of aromatic nitrogens is 2. The van der Waals surface area contributed by atoms with E-state index < -0.39 is 15.9 Å². The van der Waals surface area contributed by atoms with Crippen LogP contribution in [0.5, 0.6) is 0 Å². The maximum atomic E-state index is 13.8. The van der Waals surface area contributed by atoms with E-state index in [9.17, 15) is 13.2 Å². The Morgan fingerprint density at radius 3 is 2.69 bits per heavy atom. The Morgan fingerprint density at radius 1 is 1.09 bits per heavy atom. The molecule has 0 spiro atoms. The third-order valence-electron chi connectivity index (χ3n) is 5.94. The van der Waals surface area contributed by atoms with Crippen molar-refractivity contribution in [3.63, 3.8) is 0 Å². The van der Waals surface area contributed by atoms with Gasteiger partial charge in [-0.1, -0.05) is 36.4 Å². The average molecular weight is 451 g/mol. The van der Waals surface area contributed by atoms with Crippen LogP contribution in [0, 0.1) is 0 Å². The Hall–Kier alpha value is -3.59. The van der Waals surface area contributed by atoms with Crippen molar-refractivity contribution in [2.45, 2.75) is 22.4 Å². The Labute approximate surface area is 185 Å². The van der Waals surface area contributed by atoms with E-state index in [1.165, 1.54) is 4.68 Å². The molecule has 0 aliphatic carbocycles. The SMILES string of the molecule is Cn1nc2ccc(N3CC[C@@H](NC(=O)O)C3)cc2c1S(=O)(=O)c1cccc2ccccc12. The van der Waals surface area contributed by atoms with Crippen molar-refractivity contribution in [2.24, 2.45) is 7.05 Å². The highest BCUT2D eigenvalue weighted by Crippen LogP contribution is 2.34. The summed E-state index contributed by atoms with van der Waals surface area (Å²) in [6, 6.07) is 18.1. The average Bonchev–Trinajstić information content (AvgIpc) is 3.35. The molecule has 1 atom stereocenters. The van der Waals surface area contributed by atoms with Gasteiger partial charge in [0.05, 0.1) is 16.5 Å². The van der Waals surface area contributed by atoms with Gasteiger partial charge in [-0.05, 0) is 36.1 Å². The van der Waals surface area contributed by atoms with E-state index in [0.29, 0.717) is 35.8 Å². The smallest absolute Gasteiger partial charge is 0.404 e. The first kappa shape index (κ1) is 20.3. The van der Waals surface area contributed by atoms with Crippen molar-refractivity contribution < 1.29 is 18.3 Å². The quantitative estimate of drug-likeness (QED) is 0.494. The minimum absolute atomic E-state index is 0.144. The lowest BCUT2D eigenvalue weighted by atomic mass is 10.1. The fraction of sp³-hybridized carbons (Fsp3) is 0.217. The first-order valence-corrected chi connectivity index (χ1v) is 11.8. The Bertz CT molecular complexity index is 1460. The number of aryl methyl sites for hydroxylation is 1. The van der Waals surface area contributed by atoms with Crippen molar-refractivity contribution >= 4 is 43.3 Å². The maximum absolute atomic E-state index is 13.8. The number of fused-ring (bicyclic) bond motifs is 2. The molecule has 1 saturated heterocycles. The highest BCUT2D eigenvalue weighted by molar-refractivity contribution is 7.91. The van der Waals surface area contributed by atoms with Gasteiger partial charge in [0.2, 0.25) is 9.84 Å². The number of nitrogens with zero attached hydrogens (tertiary/aromatic N) is 3. The molecule has 1 aliphatic rings. The summed E-state index contributed by atoms with van der Waals surface area (Å²) in [5.74, 6) is 0. The summed E-state index contributed by atoms with van der Waals surface area (Å²) in [5, 5.41) is 18.2. The molecule has 1 aromatic heterocycles. The first-order chi connectivity index (χ1) is 15.3. The number of benzene rings is 3. The molecule has 0 radical (unpaired) electrons. The zero-order chi connectivity index (χ0) is 22.5. The highest BCUT2D eigenvalue weighted by Gasteiger charge is 2.29. The van der Waals surface area contributed by atoms with E-state index in [0.717, 1.165) is 11.1 Å². The van der Waals surface area contributed by atoms with Gasteiger partial charge in [0, 0.05) is 36.6 Å². The Kier molecular flexibility index (Phi) is 4.78. The molecule has 32 heavy (non-hydrogen) atoms. The number of anilines is 1. The lowest BCUT2D eigenvalue weighted by molar-refractivity contribution is 0.191. The second-order valence-electron chi connectivity index (χ2n) is 7.99. The minimum atomic E-state index is -3.85. The summed E-state index contributed by atoms with van der Waals surface area (Å²) in [6.45, 7) is 1.21. The third kappa shape index (κ3) is 3.34. The molecule has 0 saturated carbocycles. The molecule has 4 aromatic rings. The molecule has 1 aliphatic heterocycles. The van der Waals surface area contributed by atoms with Gasteiger partial charge in [0.15, 0.2) is 5.03 Å². The van der Waals surface area contributed by atoms with Crippen LogP contribution < -0.4 is 10.2 Å². The summed E-state index contributed by atoms with van der Waals surface area (Å²) < 4.78 is 29.0. The number of hydrogen-bond donors (Lipinski definition) is 2. The second kappa shape index (κ2) is 7.52. The van der Waals surface area contributed by atoms with Crippen molar-refractivity contribution in [1.82, 2.24) is 15.1 Å². The molecule has 2 heterocycles. The van der Waals surface area contributed by atoms with E-state index in [1.54, 1.807) is 19.2 Å². The zero-order valence-corrected chi connectivity index (χ0v) is 18.2. The van der Waals surface area contributed by atoms with Crippen molar-refractivity contribution in [3.05, 3.63) is 60.7 Å². The monoisotopic (exact) mass is 450 g/mol. The fourth-order valence-electron chi connectivity index (χ4n) is 4.50. The van der Waals surface area contributed by atoms with Crippen LogP contribution in [0.15, 0.2) is 70.6 Å². The number of sulfone groups is 1. The molecule has 2 N–H and O–H groups in total. The summed E-state index contributed by atoms with van der Waals surface area (Å²) in [6.07, 6.45) is -0.346. The van der Waals surface area contributed by atoms with Crippen LogP contribution >= 0.6 is 0 Å². The molecule has 0 bridgehead atoms. The minimum Gasteiger partial charge on any atom is -0.465 e. The molecular weight excluding hydrogens is 428 g/mol. The molecule has 1 amide bonds. The summed E-state index contributed by atoms with van der Waals surface area (Å²) in [7, 11) is -2.22. The van der Waals surface area contributed by atoms with Gasteiger partial charge in [-0.2, -0.15) is 5.10 Å². The van der Waals surface area contributed by atoms with Crippen molar-refractivity contribution in [3.8, 4) is 0 Å². The number of carbonyl (C=O) groups is 1. The number of hydrogen-bond acceptors (Lipinski definition) is 5. The second-order valence-corrected chi connectivity index (χ2v) is 9.83. The third-order valence-corrected chi connectivity index (χ3v) is 7.87. The lowest BCUT2D eigenvalue weighted by Crippen LogP contribution is -2.36. The van der Waals surface area contributed by atoms with Crippen LogP contribution in [-0.4, -0.2) is 48.5 Å². The molecule has 3 aromatic carbocycles. The topological polar surface area (TPSA) is 105 Å². The van der Waals surface area contributed by atoms with Crippen molar-refractivity contribution in [1.29, 1.82) is 0 Å². The van der Waals surface area contributed by atoms with Crippen LogP contribution in [0.2, 0.25) is 0 Å². The van der Waals surface area contributed by atoms with E-state index in [1.807, 2.05) is 48.5 Å². The molecule has 9 heteroatoms. The number of amides is 1. The van der Waals surface area contributed by atoms with Gasteiger partial charge in [0.1, 0.15) is 0 Å². The van der Waals surface area contributed by atoms with Crippen molar-refractivity contribution in [2.75, 3.05) is 18.0 Å². The van der Waals surface area contributed by atoms with E-state index in [-0.39, 0.29) is 16.0 Å². The van der Waals surface area contributed by atoms with Gasteiger partial charge in [-0.25, -0.2) is 13.2 Å². The van der Waals surface area contributed by atoms with E-state index >= 15 is 0 Å². The first-order valence-electron chi connectivity index (χ1n) is 10.3. The number of nitrogens with one attached hydrogen (secondary N) is 1. The van der Waals surface area contributed by atoms with Gasteiger partial charge in [-0.3, -0.25) is 4.68 Å². The normalized spacial score (nSPS) is 16.7. The molecule has 0 unspecified atom stereocenters. The largest absolute Gasteiger partial charge is 0.465 e. The standard InChI is InChI=1S/C23H22N4O4S/c1-26-22(32(30,31)21-8-4-6-15-5-2-3-7-18(15)21)19-13-17(9-10-20(19)25-26)27-12-11-16(14-27)24-23(28)29/h2-10,13,16,24H,11-12,14H2,1H3,(H,28,29)/t16-/m1/s1. The lowest BCUT2D eigenvalue weighted by Gasteiger charge is -2.19. The highest BCUT2D eigenvalue weighted by atomic mass is 32.2. The Balaban J connectivity index is 1.61. The maximum Gasteiger partial charge on any atom is 0.404 e. The molecular formula is C23H22N4O4S. The molecule has 164 valence electrons. The van der Waals surface area contributed by atoms with E-state index in [2.05, 4.69) is 15.3 Å². The van der Waals surface area contributed by atoms with Crippen LogP contribution in [0.3, 0.4) is 0 Å². The van der Waals surface area contributed by atoms with Gasteiger partial charge >= 0.3 is 6.09 Å². The summed E-state index contributed by atoms with van der Waals surface area (Å²) in [4.78, 5) is 13.3. The number of rotatable bonds is 4. The Morgan fingerprint density at radius 2 is 1.88 bits per heavy atom. The van der Waals surface area contributed by atoms with E-state index in [4.69, 9.17) is 5.11 Å². The summed E-state index contributed by atoms with van der Waals surface area (Å²) >= 11 is 0. The van der Waals surface area contributed by atoms with Crippen LogP contribution in [0.25, 0.3) is 21.7 Å². The van der Waals surface area contributed by atoms with Gasteiger partial charge in [-0.15, -0.1) is 0 Å². The zero-order valence-electron chi connectivity index (χ0n) is 17.4. The predicted octanol–water partition coefficient (Wildman–Crippen LogP) is 3.41. The van der Waals surface area contributed by atoms with Crippen LogP contribution in [0.4, 0.5) is 10.5 Å². The van der Waals surface area contributed by atoms with Gasteiger partial charge in [0.25, 0.3) is 0 Å².